The smallest absolute Gasteiger partial charge is 0.233 e. The number of hydrogen-bond donors (Lipinski definition) is 0. The lowest BCUT2D eigenvalue weighted by Crippen LogP contribution is -2.42. The Hall–Kier alpha value is -2.00. The molecule has 4 rings (SSSR count). The van der Waals surface area contributed by atoms with E-state index in [-0.39, 0.29) is 11.3 Å². The molecule has 1 aliphatic heterocycles. The fourth-order valence-corrected chi connectivity index (χ4v) is 4.22. The Morgan fingerprint density at radius 2 is 1.73 bits per heavy atom. The normalized spacial score (nSPS) is 18.5. The summed E-state index contributed by atoms with van der Waals surface area (Å²) in [6.07, 6.45) is 1.86. The quantitative estimate of drug-likeness (QED) is 0.788. The summed E-state index contributed by atoms with van der Waals surface area (Å²) in [7, 11) is 0. The molecule has 0 saturated heterocycles. The fraction of sp³-hybridized carbons (Fsp3) is 0.409. The number of halogens is 1. The van der Waals surface area contributed by atoms with Crippen LogP contribution in [0.2, 0.25) is 5.02 Å². The predicted molar refractivity (Wildman–Crippen MR) is 107 cm³/mol. The first kappa shape index (κ1) is 17.4. The Bertz CT molecular complexity index is 811. The van der Waals surface area contributed by atoms with Crippen molar-refractivity contribution in [3.63, 3.8) is 0 Å². The number of nitrogens with zero attached hydrogens (tertiary/aromatic N) is 2. The highest BCUT2D eigenvalue weighted by Crippen LogP contribution is 2.50. The van der Waals surface area contributed by atoms with Crippen molar-refractivity contribution >= 4 is 23.2 Å². The number of fused-ring (bicyclic) bond motifs is 1. The number of rotatable bonds is 3. The average Bonchev–Trinajstić information content (AvgIpc) is 3.45. The molecule has 0 N–H and O–H groups in total. The summed E-state index contributed by atoms with van der Waals surface area (Å²) in [5, 5.41) is 0.716. The van der Waals surface area contributed by atoms with Crippen molar-refractivity contribution in [3.8, 4) is 0 Å². The SMILES string of the molecule is CC(C)N1CCN(C(=O)C2(c3ccc(Cl)cc3)CC2)Cc2ccccc21. The van der Waals surface area contributed by atoms with Crippen LogP contribution < -0.4 is 4.90 Å². The molecule has 0 spiro atoms. The molecule has 0 bridgehead atoms. The summed E-state index contributed by atoms with van der Waals surface area (Å²) >= 11 is 6.03. The molecule has 1 saturated carbocycles. The minimum Gasteiger partial charge on any atom is -0.367 e. The molecule has 0 unspecified atom stereocenters. The Labute approximate surface area is 160 Å². The highest BCUT2D eigenvalue weighted by molar-refractivity contribution is 6.30. The number of benzene rings is 2. The molecular formula is C22H25ClN2O. The molecule has 0 atom stereocenters. The van der Waals surface area contributed by atoms with Crippen LogP contribution >= 0.6 is 11.6 Å². The molecule has 2 aromatic carbocycles. The molecule has 1 amide bonds. The highest BCUT2D eigenvalue weighted by Gasteiger charge is 2.53. The van der Waals surface area contributed by atoms with E-state index in [1.807, 2.05) is 24.3 Å². The van der Waals surface area contributed by atoms with Crippen LogP contribution in [-0.4, -0.2) is 29.9 Å². The van der Waals surface area contributed by atoms with Crippen molar-refractivity contribution < 1.29 is 4.79 Å². The summed E-state index contributed by atoms with van der Waals surface area (Å²) in [6.45, 7) is 6.75. The molecule has 1 aliphatic carbocycles. The van der Waals surface area contributed by atoms with E-state index in [1.54, 1.807) is 0 Å². The van der Waals surface area contributed by atoms with E-state index in [4.69, 9.17) is 11.6 Å². The predicted octanol–water partition coefficient (Wildman–Crippen LogP) is 4.63. The van der Waals surface area contributed by atoms with Gasteiger partial charge in [0.15, 0.2) is 0 Å². The zero-order chi connectivity index (χ0) is 18.3. The van der Waals surface area contributed by atoms with Crippen molar-refractivity contribution in [2.24, 2.45) is 0 Å². The molecule has 1 heterocycles. The standard InChI is InChI=1S/C22H25ClN2O/c1-16(2)25-14-13-24(15-17-5-3-4-6-20(17)25)21(26)22(11-12-22)18-7-9-19(23)10-8-18/h3-10,16H,11-15H2,1-2H3. The van der Waals surface area contributed by atoms with Gasteiger partial charge in [-0.05, 0) is 56.0 Å². The first-order chi connectivity index (χ1) is 12.5. The average molecular weight is 369 g/mol. The Kier molecular flexibility index (Phi) is 4.44. The van der Waals surface area contributed by atoms with Gasteiger partial charge in [-0.25, -0.2) is 0 Å². The second-order valence-corrected chi connectivity index (χ2v) is 8.17. The Morgan fingerprint density at radius 1 is 1.04 bits per heavy atom. The van der Waals surface area contributed by atoms with E-state index < -0.39 is 0 Å². The molecule has 4 heteroatoms. The van der Waals surface area contributed by atoms with Crippen LogP contribution in [0.5, 0.6) is 0 Å². The van der Waals surface area contributed by atoms with Crippen LogP contribution in [0.1, 0.15) is 37.8 Å². The summed E-state index contributed by atoms with van der Waals surface area (Å²) in [5.74, 6) is 0.264. The fourth-order valence-electron chi connectivity index (χ4n) is 4.09. The summed E-state index contributed by atoms with van der Waals surface area (Å²) < 4.78 is 0. The summed E-state index contributed by atoms with van der Waals surface area (Å²) in [5.41, 5.74) is 3.25. The van der Waals surface area contributed by atoms with Gasteiger partial charge in [-0.1, -0.05) is 41.9 Å². The van der Waals surface area contributed by atoms with E-state index in [1.165, 1.54) is 11.3 Å². The van der Waals surface area contributed by atoms with Crippen molar-refractivity contribution in [3.05, 3.63) is 64.7 Å². The zero-order valence-corrected chi connectivity index (χ0v) is 16.2. The maximum absolute atomic E-state index is 13.5. The minimum absolute atomic E-state index is 0.264. The van der Waals surface area contributed by atoms with E-state index in [2.05, 4.69) is 47.9 Å². The number of carbonyl (C=O) groups excluding carboxylic acids is 1. The molecule has 3 nitrogen and oxygen atoms in total. The molecule has 0 radical (unpaired) electrons. The number of para-hydroxylation sites is 1. The van der Waals surface area contributed by atoms with Crippen molar-refractivity contribution in [1.82, 2.24) is 4.90 Å². The lowest BCUT2D eigenvalue weighted by molar-refractivity contribution is -0.134. The van der Waals surface area contributed by atoms with Gasteiger partial charge in [0.25, 0.3) is 0 Å². The van der Waals surface area contributed by atoms with Crippen LogP contribution in [0.15, 0.2) is 48.5 Å². The Balaban J connectivity index is 1.63. The minimum atomic E-state index is -0.341. The lowest BCUT2D eigenvalue weighted by Gasteiger charge is -2.29. The molecule has 136 valence electrons. The second kappa shape index (κ2) is 6.62. The Morgan fingerprint density at radius 3 is 2.38 bits per heavy atom. The summed E-state index contributed by atoms with van der Waals surface area (Å²) in [6, 6.07) is 16.7. The number of anilines is 1. The van der Waals surface area contributed by atoms with Crippen molar-refractivity contribution in [1.29, 1.82) is 0 Å². The van der Waals surface area contributed by atoms with Gasteiger partial charge in [0.2, 0.25) is 5.91 Å². The van der Waals surface area contributed by atoms with E-state index >= 15 is 0 Å². The molecule has 1 fully saturated rings. The van der Waals surface area contributed by atoms with E-state index in [0.29, 0.717) is 17.6 Å². The van der Waals surface area contributed by atoms with Gasteiger partial charge in [0, 0.05) is 36.4 Å². The molecule has 2 aliphatic rings. The third-order valence-corrected chi connectivity index (χ3v) is 5.99. The third kappa shape index (κ3) is 2.99. The van der Waals surface area contributed by atoms with Crippen molar-refractivity contribution in [2.45, 2.75) is 44.7 Å². The van der Waals surface area contributed by atoms with Gasteiger partial charge in [0.05, 0.1) is 5.41 Å². The molecule has 0 aromatic heterocycles. The van der Waals surface area contributed by atoms with E-state index in [9.17, 15) is 4.79 Å². The van der Waals surface area contributed by atoms with Gasteiger partial charge < -0.3 is 9.80 Å². The van der Waals surface area contributed by atoms with Gasteiger partial charge in [0.1, 0.15) is 0 Å². The van der Waals surface area contributed by atoms with Crippen LogP contribution in [0.4, 0.5) is 5.69 Å². The maximum atomic E-state index is 13.5. The van der Waals surface area contributed by atoms with Gasteiger partial charge in [-0.2, -0.15) is 0 Å². The number of hydrogen-bond acceptors (Lipinski definition) is 2. The number of amides is 1. The van der Waals surface area contributed by atoms with Gasteiger partial charge >= 0.3 is 0 Å². The first-order valence-corrected chi connectivity index (χ1v) is 9.79. The first-order valence-electron chi connectivity index (χ1n) is 9.41. The molecule has 26 heavy (non-hydrogen) atoms. The van der Waals surface area contributed by atoms with Crippen molar-refractivity contribution in [2.75, 3.05) is 18.0 Å². The largest absolute Gasteiger partial charge is 0.367 e. The molecule has 2 aromatic rings. The zero-order valence-electron chi connectivity index (χ0n) is 15.4. The van der Waals surface area contributed by atoms with Crippen LogP contribution in [0, 0.1) is 0 Å². The summed E-state index contributed by atoms with van der Waals surface area (Å²) in [4.78, 5) is 17.9. The van der Waals surface area contributed by atoms with E-state index in [0.717, 1.165) is 31.5 Å². The van der Waals surface area contributed by atoms with Gasteiger partial charge in [-0.15, -0.1) is 0 Å². The number of carbonyl (C=O) groups is 1. The highest BCUT2D eigenvalue weighted by atomic mass is 35.5. The maximum Gasteiger partial charge on any atom is 0.233 e. The third-order valence-electron chi connectivity index (χ3n) is 5.74. The molecular weight excluding hydrogens is 344 g/mol. The van der Waals surface area contributed by atoms with Crippen LogP contribution in [0.3, 0.4) is 0 Å². The van der Waals surface area contributed by atoms with Gasteiger partial charge in [-0.3, -0.25) is 4.79 Å². The van der Waals surface area contributed by atoms with Crippen LogP contribution in [-0.2, 0) is 16.8 Å². The monoisotopic (exact) mass is 368 g/mol. The topological polar surface area (TPSA) is 23.6 Å². The second-order valence-electron chi connectivity index (χ2n) is 7.73. The van der Waals surface area contributed by atoms with Crippen LogP contribution in [0.25, 0.3) is 0 Å². The lowest BCUT2D eigenvalue weighted by atomic mass is 9.94.